The van der Waals surface area contributed by atoms with Crippen LogP contribution in [0.1, 0.15) is 25.7 Å². The highest BCUT2D eigenvalue weighted by Gasteiger charge is 2.17. The van der Waals surface area contributed by atoms with E-state index in [0.717, 1.165) is 3.92 Å². The fraction of sp³-hybridized carbons (Fsp3) is 1.00. The molecule has 0 aromatic carbocycles. The van der Waals surface area contributed by atoms with Crippen molar-refractivity contribution in [2.45, 2.75) is 35.6 Å². The van der Waals surface area contributed by atoms with Gasteiger partial charge in [0.15, 0.2) is 0 Å². The molecular formula is C6H12IN. The summed E-state index contributed by atoms with van der Waals surface area (Å²) in [5.41, 5.74) is 5.77. The zero-order chi connectivity index (χ0) is 5.98. The molecule has 2 heteroatoms. The highest BCUT2D eigenvalue weighted by Crippen LogP contribution is 2.22. The van der Waals surface area contributed by atoms with Gasteiger partial charge in [0.2, 0.25) is 0 Å². The smallest absolute Gasteiger partial charge is 0.0261 e. The number of hydrogen-bond acceptors (Lipinski definition) is 1. The van der Waals surface area contributed by atoms with Crippen molar-refractivity contribution < 1.29 is 0 Å². The molecule has 2 N–H and O–H groups in total. The number of alkyl halides is 1. The summed E-state index contributed by atoms with van der Waals surface area (Å²) in [6, 6.07) is 0.490. The second-order valence-electron chi connectivity index (χ2n) is 2.46. The summed E-state index contributed by atoms with van der Waals surface area (Å²) >= 11 is 2.46. The first-order chi connectivity index (χ1) is 3.80. The number of hydrogen-bond donors (Lipinski definition) is 1. The molecule has 0 radical (unpaired) electrons. The zero-order valence-corrected chi connectivity index (χ0v) is 7.10. The van der Waals surface area contributed by atoms with Gasteiger partial charge in [-0.3, -0.25) is 0 Å². The fourth-order valence-electron chi connectivity index (χ4n) is 1.11. The first kappa shape index (κ1) is 6.81. The van der Waals surface area contributed by atoms with Crippen LogP contribution in [0.2, 0.25) is 0 Å². The van der Waals surface area contributed by atoms with Gasteiger partial charge >= 0.3 is 0 Å². The van der Waals surface area contributed by atoms with E-state index in [1.165, 1.54) is 25.7 Å². The molecule has 1 aliphatic rings. The minimum Gasteiger partial charge on any atom is -0.327 e. The first-order valence-electron chi connectivity index (χ1n) is 3.20. The van der Waals surface area contributed by atoms with E-state index < -0.39 is 0 Å². The lowest BCUT2D eigenvalue weighted by Crippen LogP contribution is -2.33. The fourth-order valence-corrected chi connectivity index (χ4v) is 1.91. The quantitative estimate of drug-likeness (QED) is 0.492. The van der Waals surface area contributed by atoms with Crippen molar-refractivity contribution in [2.24, 2.45) is 5.73 Å². The molecule has 8 heavy (non-hydrogen) atoms. The summed E-state index contributed by atoms with van der Waals surface area (Å²) in [6.45, 7) is 0. The molecule has 0 saturated heterocycles. The third kappa shape index (κ3) is 1.58. The van der Waals surface area contributed by atoms with Gasteiger partial charge in [0, 0.05) is 9.97 Å². The van der Waals surface area contributed by atoms with Gasteiger partial charge in [-0.2, -0.15) is 0 Å². The molecule has 1 nitrogen and oxygen atoms in total. The lowest BCUT2D eigenvalue weighted by Gasteiger charge is -2.22. The van der Waals surface area contributed by atoms with Gasteiger partial charge in [-0.05, 0) is 12.8 Å². The molecule has 0 aromatic heterocycles. The van der Waals surface area contributed by atoms with Crippen molar-refractivity contribution in [3.05, 3.63) is 0 Å². The summed E-state index contributed by atoms with van der Waals surface area (Å²) in [4.78, 5) is 0. The zero-order valence-electron chi connectivity index (χ0n) is 4.94. The largest absolute Gasteiger partial charge is 0.327 e. The summed E-state index contributed by atoms with van der Waals surface area (Å²) in [6.07, 6.45) is 5.32. The Labute approximate surface area is 64.2 Å². The summed E-state index contributed by atoms with van der Waals surface area (Å²) in [5, 5.41) is 0. The van der Waals surface area contributed by atoms with E-state index in [1.54, 1.807) is 0 Å². The van der Waals surface area contributed by atoms with Gasteiger partial charge < -0.3 is 5.73 Å². The van der Waals surface area contributed by atoms with Gasteiger partial charge in [-0.25, -0.2) is 0 Å². The maximum Gasteiger partial charge on any atom is 0.0261 e. The van der Waals surface area contributed by atoms with E-state index in [1.807, 2.05) is 0 Å². The molecule has 48 valence electrons. The predicted octanol–water partition coefficient (Wildman–Crippen LogP) is 1.69. The minimum absolute atomic E-state index is 0.490. The molecule has 1 fully saturated rings. The maximum atomic E-state index is 5.77. The third-order valence-corrected chi connectivity index (χ3v) is 3.28. The highest BCUT2D eigenvalue weighted by molar-refractivity contribution is 14.1. The standard InChI is InChI=1S/C6H12IN/c7-5-3-1-2-4-6(5)8/h5-6H,1-4,8H2. The van der Waals surface area contributed by atoms with E-state index in [4.69, 9.17) is 5.73 Å². The van der Waals surface area contributed by atoms with Crippen molar-refractivity contribution in [1.82, 2.24) is 0 Å². The van der Waals surface area contributed by atoms with Gasteiger partial charge in [0.05, 0.1) is 0 Å². The Morgan fingerprint density at radius 2 is 1.88 bits per heavy atom. The van der Waals surface area contributed by atoms with Crippen molar-refractivity contribution in [2.75, 3.05) is 0 Å². The summed E-state index contributed by atoms with van der Waals surface area (Å²) in [7, 11) is 0. The van der Waals surface area contributed by atoms with Crippen LogP contribution in [0, 0.1) is 0 Å². The number of nitrogens with two attached hydrogens (primary N) is 1. The van der Waals surface area contributed by atoms with E-state index in [2.05, 4.69) is 22.6 Å². The predicted molar refractivity (Wildman–Crippen MR) is 44.3 cm³/mol. The molecule has 1 aliphatic carbocycles. The topological polar surface area (TPSA) is 26.0 Å². The van der Waals surface area contributed by atoms with E-state index in [-0.39, 0.29) is 0 Å². The highest BCUT2D eigenvalue weighted by atomic mass is 127. The molecule has 0 aromatic rings. The van der Waals surface area contributed by atoms with Crippen molar-refractivity contribution >= 4 is 22.6 Å². The van der Waals surface area contributed by atoms with Crippen LogP contribution in [0.3, 0.4) is 0 Å². The van der Waals surface area contributed by atoms with Crippen LogP contribution < -0.4 is 5.73 Å². The van der Waals surface area contributed by atoms with Gasteiger partial charge in [0.25, 0.3) is 0 Å². The average molecular weight is 225 g/mol. The maximum absolute atomic E-state index is 5.77. The van der Waals surface area contributed by atoms with Crippen LogP contribution in [0.4, 0.5) is 0 Å². The molecule has 0 amide bonds. The molecule has 0 bridgehead atoms. The molecule has 0 aliphatic heterocycles. The van der Waals surface area contributed by atoms with Gasteiger partial charge in [-0.1, -0.05) is 35.4 Å². The van der Waals surface area contributed by atoms with Gasteiger partial charge in [0.1, 0.15) is 0 Å². The lowest BCUT2D eigenvalue weighted by molar-refractivity contribution is 0.465. The minimum atomic E-state index is 0.490. The molecule has 0 spiro atoms. The van der Waals surface area contributed by atoms with Crippen LogP contribution in [0.15, 0.2) is 0 Å². The Morgan fingerprint density at radius 1 is 1.25 bits per heavy atom. The van der Waals surface area contributed by atoms with E-state index in [9.17, 15) is 0 Å². The Morgan fingerprint density at radius 3 is 2.25 bits per heavy atom. The van der Waals surface area contributed by atoms with Crippen molar-refractivity contribution in [3.63, 3.8) is 0 Å². The Hall–Kier alpha value is 0.690. The average Bonchev–Trinajstić information content (AvgIpc) is 1.77. The normalized spacial score (nSPS) is 39.8. The second kappa shape index (κ2) is 3.01. The molecule has 0 heterocycles. The number of halogens is 1. The number of rotatable bonds is 0. The molecular weight excluding hydrogens is 213 g/mol. The second-order valence-corrected chi connectivity index (χ2v) is 4.06. The van der Waals surface area contributed by atoms with Crippen molar-refractivity contribution in [1.29, 1.82) is 0 Å². The van der Waals surface area contributed by atoms with Crippen LogP contribution in [-0.4, -0.2) is 9.97 Å². The van der Waals surface area contributed by atoms with Crippen LogP contribution in [0.25, 0.3) is 0 Å². The van der Waals surface area contributed by atoms with Crippen LogP contribution in [-0.2, 0) is 0 Å². The summed E-state index contributed by atoms with van der Waals surface area (Å²) < 4.78 is 0.751. The Bertz CT molecular complexity index is 64.9. The van der Waals surface area contributed by atoms with E-state index in [0.29, 0.717) is 6.04 Å². The van der Waals surface area contributed by atoms with E-state index >= 15 is 0 Å². The molecule has 2 unspecified atom stereocenters. The summed E-state index contributed by atoms with van der Waals surface area (Å²) in [5.74, 6) is 0. The SMILES string of the molecule is NC1CCCCC1I. The monoisotopic (exact) mass is 225 g/mol. The van der Waals surface area contributed by atoms with Crippen LogP contribution in [0.5, 0.6) is 0 Å². The Balaban J connectivity index is 2.28. The third-order valence-electron chi connectivity index (χ3n) is 1.73. The van der Waals surface area contributed by atoms with Crippen LogP contribution >= 0.6 is 22.6 Å². The molecule has 2 atom stereocenters. The first-order valence-corrected chi connectivity index (χ1v) is 4.45. The van der Waals surface area contributed by atoms with Crippen molar-refractivity contribution in [3.8, 4) is 0 Å². The molecule has 1 rings (SSSR count). The Kier molecular flexibility index (Phi) is 2.56. The lowest BCUT2D eigenvalue weighted by atomic mass is 9.96. The van der Waals surface area contributed by atoms with Gasteiger partial charge in [-0.15, -0.1) is 0 Å². The molecule has 1 saturated carbocycles.